The number of fused-ring (bicyclic) bond motifs is 2. The molecule has 204 valence electrons. The van der Waals surface area contributed by atoms with Gasteiger partial charge in [0.2, 0.25) is 0 Å². The van der Waals surface area contributed by atoms with Crippen LogP contribution in [0.15, 0.2) is 24.3 Å². The summed E-state index contributed by atoms with van der Waals surface area (Å²) in [6.07, 6.45) is 11.5. The van der Waals surface area contributed by atoms with Gasteiger partial charge in [-0.1, -0.05) is 12.0 Å². The molecule has 1 N–H and O–H groups in total. The average Bonchev–Trinajstić information content (AvgIpc) is 3.48. The number of aromatic nitrogens is 3. The van der Waals surface area contributed by atoms with Crippen LogP contribution in [0.4, 0.5) is 14.6 Å². The fourth-order valence-electron chi connectivity index (χ4n) is 6.91. The molecule has 7 nitrogen and oxygen atoms in total. The van der Waals surface area contributed by atoms with Gasteiger partial charge in [-0.15, -0.1) is 6.42 Å². The molecule has 5 heterocycles. The number of benzene rings is 2. The zero-order chi connectivity index (χ0) is 27.6. The molecule has 0 aliphatic carbocycles. The lowest BCUT2D eigenvalue weighted by Crippen LogP contribution is -2.43. The minimum Gasteiger partial charge on any atom is -0.508 e. The first-order valence-corrected chi connectivity index (χ1v) is 13.8. The van der Waals surface area contributed by atoms with Crippen molar-refractivity contribution in [2.45, 2.75) is 44.1 Å². The highest BCUT2D eigenvalue weighted by atomic mass is 19.1. The molecular formula is C31H29F2N5O2. The second kappa shape index (κ2) is 9.27. The Bertz CT molecular complexity index is 1720. The van der Waals surface area contributed by atoms with E-state index in [-0.39, 0.29) is 39.6 Å². The van der Waals surface area contributed by atoms with Crippen LogP contribution in [0, 0.1) is 24.0 Å². The van der Waals surface area contributed by atoms with Gasteiger partial charge in [-0.05, 0) is 75.2 Å². The van der Waals surface area contributed by atoms with E-state index < -0.39 is 11.6 Å². The predicted octanol–water partition coefficient (Wildman–Crippen LogP) is 5.20. The van der Waals surface area contributed by atoms with Crippen molar-refractivity contribution in [1.29, 1.82) is 0 Å². The van der Waals surface area contributed by atoms with Gasteiger partial charge in [0.15, 0.2) is 5.82 Å². The third-order valence-corrected chi connectivity index (χ3v) is 8.82. The predicted molar refractivity (Wildman–Crippen MR) is 150 cm³/mol. The van der Waals surface area contributed by atoms with E-state index in [4.69, 9.17) is 21.1 Å². The van der Waals surface area contributed by atoms with E-state index in [1.165, 1.54) is 24.3 Å². The van der Waals surface area contributed by atoms with E-state index in [0.717, 1.165) is 45.2 Å². The maximum atomic E-state index is 16.6. The number of nitrogens with zero attached hydrogens (tertiary/aromatic N) is 5. The molecule has 7 rings (SSSR count). The molecule has 3 aliphatic heterocycles. The molecule has 0 unspecified atom stereocenters. The Kier molecular flexibility index (Phi) is 5.79. The number of aromatic hydroxyl groups is 1. The summed E-state index contributed by atoms with van der Waals surface area (Å²) in [5, 5.41) is 11.9. The van der Waals surface area contributed by atoms with Crippen molar-refractivity contribution >= 4 is 27.5 Å². The minimum absolute atomic E-state index is 0.0104. The quantitative estimate of drug-likeness (QED) is 0.356. The number of terminal acetylenes is 1. The Balaban J connectivity index is 1.43. The number of rotatable bonds is 4. The van der Waals surface area contributed by atoms with Crippen molar-refractivity contribution < 1.29 is 18.6 Å². The van der Waals surface area contributed by atoms with Crippen molar-refractivity contribution in [3.8, 4) is 35.4 Å². The fraction of sp³-hybridized carbons (Fsp3) is 0.387. The summed E-state index contributed by atoms with van der Waals surface area (Å²) in [6.45, 7) is 3.30. The number of phenols is 1. The smallest absolute Gasteiger partial charge is 0.319 e. The topological polar surface area (TPSA) is 74.6 Å². The highest BCUT2D eigenvalue weighted by Crippen LogP contribution is 2.42. The maximum Gasteiger partial charge on any atom is 0.319 e. The van der Waals surface area contributed by atoms with Gasteiger partial charge >= 0.3 is 6.01 Å². The van der Waals surface area contributed by atoms with Crippen molar-refractivity contribution in [3.63, 3.8) is 0 Å². The number of pyridine rings is 1. The maximum absolute atomic E-state index is 16.6. The molecule has 3 aliphatic rings. The number of halogens is 2. The number of phenolic OH excluding ortho intramolecular Hbond substituents is 1. The normalized spacial score (nSPS) is 18.2. The molecule has 2 fully saturated rings. The lowest BCUT2D eigenvalue weighted by Gasteiger charge is -2.31. The van der Waals surface area contributed by atoms with Gasteiger partial charge in [0.1, 0.15) is 35.2 Å². The first-order chi connectivity index (χ1) is 19.4. The van der Waals surface area contributed by atoms with Gasteiger partial charge in [0, 0.05) is 24.5 Å². The summed E-state index contributed by atoms with van der Waals surface area (Å²) in [5.74, 6) is 1.58. The molecule has 4 aromatic rings. The molecular weight excluding hydrogens is 512 g/mol. The monoisotopic (exact) mass is 541 g/mol. The van der Waals surface area contributed by atoms with Crippen LogP contribution >= 0.6 is 0 Å². The number of ether oxygens (including phenoxy) is 1. The molecule has 2 saturated heterocycles. The van der Waals surface area contributed by atoms with E-state index in [0.29, 0.717) is 47.2 Å². The molecule has 0 spiro atoms. The minimum atomic E-state index is -0.691. The summed E-state index contributed by atoms with van der Waals surface area (Å²) >= 11 is 0. The molecule has 0 saturated carbocycles. The standard InChI is InChI=1S/C31H29F2N5O2/c1-3-20-22(32)9-8-18-15-19(39)16-21(24(18)20)27-26(33)28-25-23(34-27)7-4-12-37(2)29(25)36-30(35-28)40-17-31-10-5-13-38(31)14-6-11-31/h1,8-9,15-16,39H,4-7,10-14,17H2,2H3. The van der Waals surface area contributed by atoms with Crippen LogP contribution in [0.2, 0.25) is 0 Å². The van der Waals surface area contributed by atoms with Gasteiger partial charge < -0.3 is 14.7 Å². The molecule has 0 radical (unpaired) electrons. The van der Waals surface area contributed by atoms with Crippen LogP contribution < -0.4 is 9.64 Å². The van der Waals surface area contributed by atoms with Gasteiger partial charge in [0.05, 0.1) is 22.2 Å². The Hall–Kier alpha value is -4.03. The van der Waals surface area contributed by atoms with E-state index in [2.05, 4.69) is 15.8 Å². The molecule has 0 bridgehead atoms. The number of hydrogen-bond acceptors (Lipinski definition) is 7. The van der Waals surface area contributed by atoms with E-state index in [1.54, 1.807) is 0 Å². The highest BCUT2D eigenvalue weighted by molar-refractivity contribution is 6.03. The van der Waals surface area contributed by atoms with Crippen molar-refractivity contribution in [2.75, 3.05) is 38.2 Å². The van der Waals surface area contributed by atoms with Crippen molar-refractivity contribution in [1.82, 2.24) is 19.9 Å². The third kappa shape index (κ3) is 3.77. The third-order valence-electron chi connectivity index (χ3n) is 8.82. The number of aryl methyl sites for hydroxylation is 1. The van der Waals surface area contributed by atoms with Crippen LogP contribution in [-0.2, 0) is 6.42 Å². The molecule has 40 heavy (non-hydrogen) atoms. The summed E-state index contributed by atoms with van der Waals surface area (Å²) in [5.41, 5.74) is 0.886. The molecule has 9 heteroatoms. The van der Waals surface area contributed by atoms with Crippen LogP contribution in [-0.4, -0.2) is 63.8 Å². The SMILES string of the molecule is C#Cc1c(F)ccc2cc(O)cc(-c3nc4c5c(nc(OCC67CCCN6CCC7)nc5c3F)N(C)CCC4)c12. The van der Waals surface area contributed by atoms with Crippen LogP contribution in [0.3, 0.4) is 0 Å². The molecule has 0 amide bonds. The lowest BCUT2D eigenvalue weighted by molar-refractivity contribution is 0.108. The second-order valence-electron chi connectivity index (χ2n) is 11.2. The lowest BCUT2D eigenvalue weighted by atomic mass is 9.95. The molecule has 0 atom stereocenters. The van der Waals surface area contributed by atoms with Crippen molar-refractivity contribution in [2.24, 2.45) is 0 Å². The first kappa shape index (κ1) is 25.0. The Morgan fingerprint density at radius 3 is 2.62 bits per heavy atom. The van der Waals surface area contributed by atoms with Gasteiger partial charge in [0.25, 0.3) is 0 Å². The Morgan fingerprint density at radius 1 is 1.05 bits per heavy atom. The van der Waals surface area contributed by atoms with E-state index >= 15 is 4.39 Å². The number of anilines is 1. The van der Waals surface area contributed by atoms with Crippen molar-refractivity contribution in [3.05, 3.63) is 47.2 Å². The van der Waals surface area contributed by atoms with E-state index in [1.807, 2.05) is 11.9 Å². The van der Waals surface area contributed by atoms with E-state index in [9.17, 15) is 9.50 Å². The second-order valence-corrected chi connectivity index (χ2v) is 11.2. The van der Waals surface area contributed by atoms with Crippen LogP contribution in [0.1, 0.15) is 43.4 Å². The zero-order valence-electron chi connectivity index (χ0n) is 22.3. The summed E-state index contributed by atoms with van der Waals surface area (Å²) in [4.78, 5) is 18.6. The van der Waals surface area contributed by atoms with Gasteiger partial charge in [-0.2, -0.15) is 9.97 Å². The average molecular weight is 542 g/mol. The van der Waals surface area contributed by atoms with Gasteiger partial charge in [-0.25, -0.2) is 13.8 Å². The fourth-order valence-corrected chi connectivity index (χ4v) is 6.91. The first-order valence-electron chi connectivity index (χ1n) is 13.8. The Morgan fingerprint density at radius 2 is 1.85 bits per heavy atom. The summed E-state index contributed by atoms with van der Waals surface area (Å²) < 4.78 is 37.6. The number of hydrogen-bond donors (Lipinski definition) is 1. The van der Waals surface area contributed by atoms with Gasteiger partial charge in [-0.3, -0.25) is 4.90 Å². The largest absolute Gasteiger partial charge is 0.508 e. The summed E-state index contributed by atoms with van der Waals surface area (Å²) in [6, 6.07) is 5.74. The molecule has 2 aromatic heterocycles. The van der Waals surface area contributed by atoms with Crippen LogP contribution in [0.5, 0.6) is 11.8 Å². The van der Waals surface area contributed by atoms with Crippen LogP contribution in [0.25, 0.3) is 32.9 Å². The zero-order valence-corrected chi connectivity index (χ0v) is 22.3. The summed E-state index contributed by atoms with van der Waals surface area (Å²) in [7, 11) is 1.92. The Labute approximate surface area is 230 Å². The molecule has 2 aromatic carbocycles. The highest BCUT2D eigenvalue weighted by Gasteiger charge is 2.45.